The summed E-state index contributed by atoms with van der Waals surface area (Å²) in [5.41, 5.74) is -0.0256. The molecule has 1 N–H and O–H groups in total. The Bertz CT molecular complexity index is 501. The van der Waals surface area contributed by atoms with Gasteiger partial charge in [-0.15, -0.1) is 0 Å². The van der Waals surface area contributed by atoms with E-state index >= 15 is 0 Å². The third-order valence-corrected chi connectivity index (χ3v) is 3.78. The molecule has 2 heterocycles. The molecule has 8 heteroatoms. The zero-order chi connectivity index (χ0) is 15.4. The molecule has 0 bridgehead atoms. The van der Waals surface area contributed by atoms with Gasteiger partial charge in [-0.3, -0.25) is 10.1 Å². The van der Waals surface area contributed by atoms with Gasteiger partial charge < -0.3 is 15.1 Å². The fraction of sp³-hybridized carbons (Fsp3) is 0.692. The number of hydrogen-bond donors (Lipinski definition) is 1. The maximum atomic E-state index is 11.5. The zero-order valence-electron chi connectivity index (χ0n) is 12.7. The molecule has 0 spiro atoms. The number of nitrogens with one attached hydrogen (secondary N) is 1. The van der Waals surface area contributed by atoms with Crippen molar-refractivity contribution in [3.8, 4) is 0 Å². The standard InChI is InChI=1S/C13H22N6O2/c1-4-10(2)16-12-11(19(20)21)13(15-9-14-12)18-7-5-17(3)6-8-18/h9-10H,4-8H2,1-3H3,(H,14,15,16). The molecule has 8 nitrogen and oxygen atoms in total. The number of aromatic nitrogens is 2. The fourth-order valence-electron chi connectivity index (χ4n) is 2.23. The Morgan fingerprint density at radius 3 is 2.62 bits per heavy atom. The lowest BCUT2D eigenvalue weighted by Gasteiger charge is -2.32. The average Bonchev–Trinajstić information content (AvgIpc) is 2.47. The summed E-state index contributed by atoms with van der Waals surface area (Å²) >= 11 is 0. The normalized spacial score (nSPS) is 17.6. The summed E-state index contributed by atoms with van der Waals surface area (Å²) in [4.78, 5) is 23.4. The maximum Gasteiger partial charge on any atom is 0.353 e. The van der Waals surface area contributed by atoms with E-state index in [2.05, 4.69) is 20.2 Å². The van der Waals surface area contributed by atoms with Crippen LogP contribution in [0.4, 0.5) is 17.3 Å². The Hall–Kier alpha value is -1.96. The largest absolute Gasteiger partial charge is 0.362 e. The summed E-state index contributed by atoms with van der Waals surface area (Å²) in [6.45, 7) is 7.20. The van der Waals surface area contributed by atoms with E-state index in [0.717, 1.165) is 32.6 Å². The molecular formula is C13H22N6O2. The molecule has 1 atom stereocenters. The Labute approximate surface area is 124 Å². The van der Waals surface area contributed by atoms with Crippen LogP contribution in [0, 0.1) is 10.1 Å². The second kappa shape index (κ2) is 6.66. The average molecular weight is 294 g/mol. The molecule has 1 aromatic rings. The van der Waals surface area contributed by atoms with E-state index in [1.54, 1.807) is 0 Å². The van der Waals surface area contributed by atoms with E-state index in [0.29, 0.717) is 11.6 Å². The molecule has 0 radical (unpaired) electrons. The van der Waals surface area contributed by atoms with Gasteiger partial charge in [-0.05, 0) is 20.4 Å². The molecule has 1 saturated heterocycles. The molecule has 1 fully saturated rings. The molecule has 1 aliphatic rings. The number of hydrogen-bond acceptors (Lipinski definition) is 7. The minimum absolute atomic E-state index is 0.0256. The summed E-state index contributed by atoms with van der Waals surface area (Å²) < 4.78 is 0. The quantitative estimate of drug-likeness (QED) is 0.647. The van der Waals surface area contributed by atoms with Gasteiger partial charge in [0.05, 0.1) is 4.92 Å². The minimum Gasteiger partial charge on any atom is -0.362 e. The highest BCUT2D eigenvalue weighted by molar-refractivity contribution is 5.70. The minimum atomic E-state index is -0.391. The highest BCUT2D eigenvalue weighted by Gasteiger charge is 2.28. The first kappa shape index (κ1) is 15.4. The molecule has 0 saturated carbocycles. The molecule has 0 aromatic carbocycles. The van der Waals surface area contributed by atoms with Gasteiger partial charge in [0, 0.05) is 32.2 Å². The highest BCUT2D eigenvalue weighted by atomic mass is 16.6. The third kappa shape index (κ3) is 3.57. The van der Waals surface area contributed by atoms with Crippen molar-refractivity contribution in [3.63, 3.8) is 0 Å². The second-order valence-electron chi connectivity index (χ2n) is 5.40. The summed E-state index contributed by atoms with van der Waals surface area (Å²) in [5, 5.41) is 14.6. The van der Waals surface area contributed by atoms with Gasteiger partial charge in [-0.1, -0.05) is 6.92 Å². The van der Waals surface area contributed by atoms with E-state index in [-0.39, 0.29) is 11.7 Å². The van der Waals surface area contributed by atoms with Crippen LogP contribution in [0.25, 0.3) is 0 Å². The van der Waals surface area contributed by atoms with Gasteiger partial charge in [0.25, 0.3) is 0 Å². The van der Waals surface area contributed by atoms with Crippen LogP contribution in [0.1, 0.15) is 20.3 Å². The van der Waals surface area contributed by atoms with Crippen LogP contribution in [-0.2, 0) is 0 Å². The van der Waals surface area contributed by atoms with Crippen molar-refractivity contribution in [1.82, 2.24) is 14.9 Å². The van der Waals surface area contributed by atoms with E-state index < -0.39 is 4.92 Å². The van der Waals surface area contributed by atoms with Gasteiger partial charge in [0.1, 0.15) is 6.33 Å². The van der Waals surface area contributed by atoms with Gasteiger partial charge in [-0.2, -0.15) is 0 Å². The smallest absolute Gasteiger partial charge is 0.353 e. The Morgan fingerprint density at radius 1 is 1.38 bits per heavy atom. The van der Waals surface area contributed by atoms with Crippen LogP contribution < -0.4 is 10.2 Å². The first-order valence-electron chi connectivity index (χ1n) is 7.22. The zero-order valence-corrected chi connectivity index (χ0v) is 12.7. The van der Waals surface area contributed by atoms with Crippen molar-refractivity contribution in [2.75, 3.05) is 43.4 Å². The van der Waals surface area contributed by atoms with Crippen LogP contribution in [0.3, 0.4) is 0 Å². The monoisotopic (exact) mass is 294 g/mol. The molecule has 1 unspecified atom stereocenters. The molecule has 1 aliphatic heterocycles. The van der Waals surface area contributed by atoms with Gasteiger partial charge in [-0.25, -0.2) is 9.97 Å². The summed E-state index contributed by atoms with van der Waals surface area (Å²) in [6, 6.07) is 0.124. The summed E-state index contributed by atoms with van der Waals surface area (Å²) in [7, 11) is 2.04. The van der Waals surface area contributed by atoms with E-state index in [1.807, 2.05) is 25.8 Å². The summed E-state index contributed by atoms with van der Waals surface area (Å²) in [6.07, 6.45) is 2.26. The van der Waals surface area contributed by atoms with Gasteiger partial charge >= 0.3 is 5.69 Å². The first-order chi connectivity index (χ1) is 10.0. The predicted octanol–water partition coefficient (Wildman–Crippen LogP) is 1.35. The molecule has 116 valence electrons. The first-order valence-corrected chi connectivity index (χ1v) is 7.22. The van der Waals surface area contributed by atoms with Gasteiger partial charge in [0.2, 0.25) is 11.6 Å². The Morgan fingerprint density at radius 2 is 2.05 bits per heavy atom. The predicted molar refractivity (Wildman–Crippen MR) is 81.8 cm³/mol. The molecule has 0 aliphatic carbocycles. The molecule has 1 aromatic heterocycles. The fourth-order valence-corrected chi connectivity index (χ4v) is 2.23. The Balaban J connectivity index is 2.32. The maximum absolute atomic E-state index is 11.5. The lowest BCUT2D eigenvalue weighted by molar-refractivity contribution is -0.383. The molecule has 2 rings (SSSR count). The topological polar surface area (TPSA) is 87.4 Å². The second-order valence-corrected chi connectivity index (χ2v) is 5.40. The number of rotatable bonds is 5. The molecule has 0 amide bonds. The van der Waals surface area contributed by atoms with Crippen LogP contribution >= 0.6 is 0 Å². The number of nitro groups is 1. The van der Waals surface area contributed by atoms with Crippen LogP contribution in [-0.4, -0.2) is 59.1 Å². The van der Waals surface area contributed by atoms with Crippen LogP contribution in [0.5, 0.6) is 0 Å². The lowest BCUT2D eigenvalue weighted by Crippen LogP contribution is -2.45. The van der Waals surface area contributed by atoms with E-state index in [9.17, 15) is 10.1 Å². The third-order valence-electron chi connectivity index (χ3n) is 3.78. The van der Waals surface area contributed by atoms with E-state index in [4.69, 9.17) is 0 Å². The van der Waals surface area contributed by atoms with Gasteiger partial charge in [0.15, 0.2) is 0 Å². The number of likely N-dealkylation sites (N-methyl/N-ethyl adjacent to an activating group) is 1. The molecular weight excluding hydrogens is 272 g/mol. The number of piperazine rings is 1. The van der Waals surface area contributed by atoms with Crippen molar-refractivity contribution in [2.24, 2.45) is 0 Å². The van der Waals surface area contributed by atoms with Crippen molar-refractivity contribution in [1.29, 1.82) is 0 Å². The lowest BCUT2D eigenvalue weighted by atomic mass is 10.2. The number of anilines is 2. The van der Waals surface area contributed by atoms with Crippen LogP contribution in [0.15, 0.2) is 6.33 Å². The molecule has 21 heavy (non-hydrogen) atoms. The van der Waals surface area contributed by atoms with Crippen molar-refractivity contribution in [3.05, 3.63) is 16.4 Å². The SMILES string of the molecule is CCC(C)Nc1ncnc(N2CCN(C)CC2)c1[N+](=O)[O-]. The van der Waals surface area contributed by atoms with Crippen molar-refractivity contribution < 1.29 is 4.92 Å². The van der Waals surface area contributed by atoms with Crippen LogP contribution in [0.2, 0.25) is 0 Å². The van der Waals surface area contributed by atoms with Crippen molar-refractivity contribution in [2.45, 2.75) is 26.3 Å². The highest BCUT2D eigenvalue weighted by Crippen LogP contribution is 2.32. The summed E-state index contributed by atoms with van der Waals surface area (Å²) in [5.74, 6) is 0.715. The number of nitrogens with zero attached hydrogens (tertiary/aromatic N) is 5. The van der Waals surface area contributed by atoms with E-state index in [1.165, 1.54) is 6.33 Å². The Kier molecular flexibility index (Phi) is 4.89. The van der Waals surface area contributed by atoms with Crippen molar-refractivity contribution >= 4 is 17.3 Å².